The Kier molecular flexibility index (Phi) is 4.63. The van der Waals surface area contributed by atoms with Gasteiger partial charge in [0, 0.05) is 38.4 Å². The standard InChI is InChI=1S/C14H23N5/c1-12-4-2-3-5-13(12)19-10-8-18(9-11-19)7-6-17-14(15)16/h2-5H,6-11H2,1H3,(H4,15,16,17). The van der Waals surface area contributed by atoms with Crippen LogP contribution in [0.5, 0.6) is 0 Å². The third-order valence-corrected chi connectivity index (χ3v) is 3.54. The number of aliphatic imine (C=N–C) groups is 1. The van der Waals surface area contributed by atoms with E-state index in [2.05, 4.69) is 46.0 Å². The Morgan fingerprint density at radius 2 is 1.84 bits per heavy atom. The zero-order chi connectivity index (χ0) is 13.7. The van der Waals surface area contributed by atoms with Gasteiger partial charge >= 0.3 is 0 Å². The molecule has 0 bridgehead atoms. The molecule has 1 aliphatic heterocycles. The van der Waals surface area contributed by atoms with Crippen LogP contribution < -0.4 is 16.4 Å². The lowest BCUT2D eigenvalue weighted by atomic mass is 10.1. The number of nitrogens with zero attached hydrogens (tertiary/aromatic N) is 3. The van der Waals surface area contributed by atoms with Crippen molar-refractivity contribution in [1.82, 2.24) is 4.90 Å². The normalized spacial score (nSPS) is 16.4. The van der Waals surface area contributed by atoms with Crippen molar-refractivity contribution in [3.05, 3.63) is 29.8 Å². The topological polar surface area (TPSA) is 70.9 Å². The molecule has 4 N–H and O–H groups in total. The number of guanidine groups is 1. The van der Waals surface area contributed by atoms with Crippen LogP contribution in [0.4, 0.5) is 5.69 Å². The minimum atomic E-state index is 0.179. The second-order valence-corrected chi connectivity index (χ2v) is 4.92. The molecule has 0 amide bonds. The molecule has 5 heteroatoms. The van der Waals surface area contributed by atoms with Crippen LogP contribution in [0.25, 0.3) is 0 Å². The molecule has 0 aromatic heterocycles. The SMILES string of the molecule is Cc1ccccc1N1CCN(CCN=C(N)N)CC1. The van der Waals surface area contributed by atoms with Gasteiger partial charge in [-0.25, -0.2) is 0 Å². The molecule has 1 aromatic rings. The Hall–Kier alpha value is -1.75. The summed E-state index contributed by atoms with van der Waals surface area (Å²) in [6.45, 7) is 8.04. The second-order valence-electron chi connectivity index (χ2n) is 4.92. The Morgan fingerprint density at radius 3 is 2.47 bits per heavy atom. The van der Waals surface area contributed by atoms with Crippen LogP contribution in [0.15, 0.2) is 29.3 Å². The average Bonchev–Trinajstić information content (AvgIpc) is 2.40. The predicted octanol–water partition coefficient (Wildman–Crippen LogP) is 0.390. The summed E-state index contributed by atoms with van der Waals surface area (Å²) in [7, 11) is 0. The molecule has 0 saturated carbocycles. The van der Waals surface area contributed by atoms with Crippen molar-refractivity contribution in [2.24, 2.45) is 16.5 Å². The third-order valence-electron chi connectivity index (χ3n) is 3.54. The lowest BCUT2D eigenvalue weighted by Gasteiger charge is -2.36. The van der Waals surface area contributed by atoms with Crippen molar-refractivity contribution in [3.63, 3.8) is 0 Å². The van der Waals surface area contributed by atoms with E-state index in [0.717, 1.165) is 32.7 Å². The Balaban J connectivity index is 1.83. The van der Waals surface area contributed by atoms with E-state index in [4.69, 9.17) is 11.5 Å². The minimum absolute atomic E-state index is 0.179. The molecule has 0 radical (unpaired) electrons. The van der Waals surface area contributed by atoms with Crippen molar-refractivity contribution >= 4 is 11.6 Å². The highest BCUT2D eigenvalue weighted by Gasteiger charge is 2.17. The van der Waals surface area contributed by atoms with E-state index in [1.807, 2.05) is 0 Å². The van der Waals surface area contributed by atoms with Crippen LogP contribution in [0.3, 0.4) is 0 Å². The number of aryl methyl sites for hydroxylation is 1. The van der Waals surface area contributed by atoms with Gasteiger partial charge in [0.1, 0.15) is 0 Å². The van der Waals surface area contributed by atoms with Crippen LogP contribution in [-0.4, -0.2) is 50.1 Å². The van der Waals surface area contributed by atoms with Crippen LogP contribution in [0.2, 0.25) is 0 Å². The maximum atomic E-state index is 5.32. The molecule has 1 aliphatic rings. The van der Waals surface area contributed by atoms with Crippen molar-refractivity contribution in [2.75, 3.05) is 44.2 Å². The van der Waals surface area contributed by atoms with Crippen LogP contribution in [0.1, 0.15) is 5.56 Å². The monoisotopic (exact) mass is 261 g/mol. The maximum absolute atomic E-state index is 5.32. The van der Waals surface area contributed by atoms with Gasteiger partial charge in [-0.2, -0.15) is 0 Å². The third kappa shape index (κ3) is 3.86. The van der Waals surface area contributed by atoms with Gasteiger partial charge < -0.3 is 16.4 Å². The summed E-state index contributed by atoms with van der Waals surface area (Å²) in [6.07, 6.45) is 0. The Morgan fingerprint density at radius 1 is 1.16 bits per heavy atom. The van der Waals surface area contributed by atoms with Gasteiger partial charge in [-0.05, 0) is 18.6 Å². The van der Waals surface area contributed by atoms with Crippen LogP contribution >= 0.6 is 0 Å². The van der Waals surface area contributed by atoms with Gasteiger partial charge in [0.2, 0.25) is 0 Å². The van der Waals surface area contributed by atoms with E-state index in [1.54, 1.807) is 0 Å². The minimum Gasteiger partial charge on any atom is -0.370 e. The summed E-state index contributed by atoms with van der Waals surface area (Å²) in [6, 6.07) is 8.56. The summed E-state index contributed by atoms with van der Waals surface area (Å²) >= 11 is 0. The van der Waals surface area contributed by atoms with Crippen molar-refractivity contribution in [3.8, 4) is 0 Å². The van der Waals surface area contributed by atoms with Gasteiger partial charge in [-0.1, -0.05) is 18.2 Å². The molecule has 1 fully saturated rings. The molecule has 1 aromatic carbocycles. The molecule has 1 heterocycles. The number of hydrogen-bond acceptors (Lipinski definition) is 3. The van der Waals surface area contributed by atoms with Gasteiger partial charge in [0.15, 0.2) is 5.96 Å². The van der Waals surface area contributed by atoms with Crippen molar-refractivity contribution in [1.29, 1.82) is 0 Å². The highest BCUT2D eigenvalue weighted by atomic mass is 15.3. The van der Waals surface area contributed by atoms with Crippen LogP contribution in [0, 0.1) is 6.92 Å². The van der Waals surface area contributed by atoms with Gasteiger partial charge in [-0.3, -0.25) is 9.89 Å². The summed E-state index contributed by atoms with van der Waals surface area (Å²) in [4.78, 5) is 8.88. The van der Waals surface area contributed by atoms with E-state index >= 15 is 0 Å². The number of para-hydroxylation sites is 1. The molecule has 0 atom stereocenters. The summed E-state index contributed by atoms with van der Waals surface area (Å²) in [5.74, 6) is 0.179. The van der Waals surface area contributed by atoms with E-state index in [1.165, 1.54) is 11.3 Å². The number of nitrogens with two attached hydrogens (primary N) is 2. The average molecular weight is 261 g/mol. The number of piperazine rings is 1. The largest absolute Gasteiger partial charge is 0.370 e. The molecule has 0 unspecified atom stereocenters. The fourth-order valence-corrected chi connectivity index (χ4v) is 2.45. The zero-order valence-electron chi connectivity index (χ0n) is 11.5. The highest BCUT2D eigenvalue weighted by Crippen LogP contribution is 2.20. The number of benzene rings is 1. The Labute approximate surface area is 114 Å². The summed E-state index contributed by atoms with van der Waals surface area (Å²) in [5.41, 5.74) is 13.3. The highest BCUT2D eigenvalue weighted by molar-refractivity contribution is 5.75. The van der Waals surface area contributed by atoms with E-state index < -0.39 is 0 Å². The molecule has 2 rings (SSSR count). The molecule has 0 aliphatic carbocycles. The lowest BCUT2D eigenvalue weighted by molar-refractivity contribution is 0.265. The molecule has 5 nitrogen and oxygen atoms in total. The number of hydrogen-bond donors (Lipinski definition) is 2. The first-order valence-electron chi connectivity index (χ1n) is 6.75. The van der Waals surface area contributed by atoms with Gasteiger partial charge in [0.05, 0.1) is 6.54 Å². The van der Waals surface area contributed by atoms with E-state index in [-0.39, 0.29) is 5.96 Å². The quantitative estimate of drug-likeness (QED) is 0.607. The van der Waals surface area contributed by atoms with E-state index in [9.17, 15) is 0 Å². The first-order valence-corrected chi connectivity index (χ1v) is 6.75. The number of rotatable bonds is 4. The van der Waals surface area contributed by atoms with E-state index in [0.29, 0.717) is 6.54 Å². The summed E-state index contributed by atoms with van der Waals surface area (Å²) in [5, 5.41) is 0. The predicted molar refractivity (Wildman–Crippen MR) is 80.5 cm³/mol. The fraction of sp³-hybridized carbons (Fsp3) is 0.500. The van der Waals surface area contributed by atoms with Gasteiger partial charge in [0.25, 0.3) is 0 Å². The summed E-state index contributed by atoms with van der Waals surface area (Å²) < 4.78 is 0. The Bertz CT molecular complexity index is 431. The lowest BCUT2D eigenvalue weighted by Crippen LogP contribution is -2.47. The van der Waals surface area contributed by atoms with Crippen molar-refractivity contribution < 1.29 is 0 Å². The zero-order valence-corrected chi connectivity index (χ0v) is 11.5. The molecular weight excluding hydrogens is 238 g/mol. The number of anilines is 1. The first-order chi connectivity index (χ1) is 9.16. The van der Waals surface area contributed by atoms with Gasteiger partial charge in [-0.15, -0.1) is 0 Å². The molecule has 0 spiro atoms. The molecular formula is C14H23N5. The molecule has 104 valence electrons. The second kappa shape index (κ2) is 6.43. The molecule has 19 heavy (non-hydrogen) atoms. The molecule has 1 saturated heterocycles. The maximum Gasteiger partial charge on any atom is 0.185 e. The first kappa shape index (κ1) is 13.7. The smallest absolute Gasteiger partial charge is 0.185 e. The fourth-order valence-electron chi connectivity index (χ4n) is 2.45. The van der Waals surface area contributed by atoms with Crippen molar-refractivity contribution in [2.45, 2.75) is 6.92 Å². The van der Waals surface area contributed by atoms with Crippen LogP contribution in [-0.2, 0) is 0 Å².